The molecule has 1 unspecified atom stereocenters. The molecular weight excluding hydrogens is 258 g/mol. The summed E-state index contributed by atoms with van der Waals surface area (Å²) in [6.07, 6.45) is 3.06. The van der Waals surface area contributed by atoms with Gasteiger partial charge in [-0.05, 0) is 26.0 Å². The molecule has 0 saturated heterocycles. The van der Waals surface area contributed by atoms with E-state index >= 15 is 0 Å². The van der Waals surface area contributed by atoms with Crippen molar-refractivity contribution < 1.29 is 4.74 Å². The molecule has 2 heterocycles. The lowest BCUT2D eigenvalue weighted by atomic mass is 10.3. The van der Waals surface area contributed by atoms with E-state index in [4.69, 9.17) is 4.74 Å². The average molecular weight is 277 g/mol. The van der Waals surface area contributed by atoms with Gasteiger partial charge in [0.15, 0.2) is 0 Å². The van der Waals surface area contributed by atoms with Crippen molar-refractivity contribution in [3.63, 3.8) is 0 Å². The highest BCUT2D eigenvalue weighted by molar-refractivity contribution is 7.15. The predicted octanol–water partition coefficient (Wildman–Crippen LogP) is 3.27. The lowest BCUT2D eigenvalue weighted by Gasteiger charge is -2.09. The Labute approximate surface area is 117 Å². The summed E-state index contributed by atoms with van der Waals surface area (Å²) in [6.45, 7) is 5.34. The van der Waals surface area contributed by atoms with Crippen LogP contribution in [0, 0.1) is 0 Å². The van der Waals surface area contributed by atoms with Gasteiger partial charge in [-0.15, -0.1) is 11.3 Å². The number of hydrogen-bond acceptors (Lipinski definition) is 5. The monoisotopic (exact) mass is 277 g/mol. The minimum Gasteiger partial charge on any atom is -0.481 e. The van der Waals surface area contributed by atoms with Crippen LogP contribution in [-0.4, -0.2) is 23.6 Å². The van der Waals surface area contributed by atoms with Gasteiger partial charge < -0.3 is 10.1 Å². The molecule has 0 aliphatic rings. The highest BCUT2D eigenvalue weighted by Crippen LogP contribution is 2.28. The van der Waals surface area contributed by atoms with Crippen LogP contribution in [0.25, 0.3) is 10.7 Å². The maximum atomic E-state index is 5.14. The lowest BCUT2D eigenvalue weighted by molar-refractivity contribution is 0.398. The highest BCUT2D eigenvalue weighted by atomic mass is 32.1. The van der Waals surface area contributed by atoms with E-state index in [1.54, 1.807) is 18.4 Å². The van der Waals surface area contributed by atoms with Crippen molar-refractivity contribution >= 4 is 11.3 Å². The van der Waals surface area contributed by atoms with Crippen molar-refractivity contribution in [1.29, 1.82) is 0 Å². The Morgan fingerprint density at radius 3 is 3.00 bits per heavy atom. The smallest absolute Gasteiger partial charge is 0.213 e. The van der Waals surface area contributed by atoms with Crippen LogP contribution in [-0.2, 0) is 0 Å². The Balaban J connectivity index is 2.15. The first-order chi connectivity index (χ1) is 9.24. The van der Waals surface area contributed by atoms with Gasteiger partial charge in [-0.25, -0.2) is 9.97 Å². The van der Waals surface area contributed by atoms with Crippen molar-refractivity contribution in [3.8, 4) is 16.6 Å². The maximum Gasteiger partial charge on any atom is 0.213 e. The fourth-order valence-corrected chi connectivity index (χ4v) is 2.63. The molecule has 1 N–H and O–H groups in total. The summed E-state index contributed by atoms with van der Waals surface area (Å²) in [5.41, 5.74) is 0.860. The van der Waals surface area contributed by atoms with Gasteiger partial charge in [-0.3, -0.25) is 0 Å². The fraction of sp³-hybridized carbons (Fsp3) is 0.429. The van der Waals surface area contributed by atoms with E-state index in [-0.39, 0.29) is 0 Å². The molecule has 2 aromatic rings. The number of methoxy groups -OCH3 is 1. The van der Waals surface area contributed by atoms with Gasteiger partial charge in [0.1, 0.15) is 10.7 Å². The van der Waals surface area contributed by atoms with E-state index in [1.807, 2.05) is 24.4 Å². The van der Waals surface area contributed by atoms with Crippen LogP contribution in [0.4, 0.5) is 0 Å². The molecule has 0 amide bonds. The molecule has 4 nitrogen and oxygen atoms in total. The number of thiazole rings is 1. The number of rotatable bonds is 6. The zero-order valence-corrected chi connectivity index (χ0v) is 12.3. The first-order valence-corrected chi connectivity index (χ1v) is 7.26. The minimum atomic E-state index is 0.330. The second kappa shape index (κ2) is 6.63. The molecule has 0 saturated carbocycles. The zero-order valence-electron chi connectivity index (χ0n) is 11.5. The number of nitrogens with one attached hydrogen (secondary N) is 1. The normalized spacial score (nSPS) is 12.4. The standard InChI is InChI=1S/C14H19N3OS/c1-4-8-15-10(2)12-9-16-14(19-12)11-6-5-7-13(17-11)18-3/h5-7,9-10,15H,4,8H2,1-3H3. The lowest BCUT2D eigenvalue weighted by Crippen LogP contribution is -2.18. The molecule has 1 atom stereocenters. The van der Waals surface area contributed by atoms with E-state index in [9.17, 15) is 0 Å². The molecule has 102 valence electrons. The first kappa shape index (κ1) is 14.0. The molecule has 19 heavy (non-hydrogen) atoms. The van der Waals surface area contributed by atoms with Gasteiger partial charge in [-0.1, -0.05) is 13.0 Å². The SMILES string of the molecule is CCCNC(C)c1cnc(-c2cccc(OC)n2)s1. The average Bonchev–Trinajstić information content (AvgIpc) is 2.94. The summed E-state index contributed by atoms with van der Waals surface area (Å²) >= 11 is 1.67. The molecule has 0 radical (unpaired) electrons. The third-order valence-corrected chi connectivity index (χ3v) is 4.01. The Bertz CT molecular complexity index is 527. The van der Waals surface area contributed by atoms with Gasteiger partial charge >= 0.3 is 0 Å². The molecule has 5 heteroatoms. The fourth-order valence-electron chi connectivity index (χ4n) is 1.71. The topological polar surface area (TPSA) is 47.0 Å². The van der Waals surface area contributed by atoms with Gasteiger partial charge in [0, 0.05) is 23.2 Å². The molecule has 2 aromatic heterocycles. The summed E-state index contributed by atoms with van der Waals surface area (Å²) in [7, 11) is 1.62. The molecule has 0 aromatic carbocycles. The van der Waals surface area contributed by atoms with Crippen LogP contribution in [0.1, 0.15) is 31.2 Å². The number of ether oxygens (including phenoxy) is 1. The highest BCUT2D eigenvalue weighted by Gasteiger charge is 2.11. The zero-order chi connectivity index (χ0) is 13.7. The Hall–Kier alpha value is -1.46. The predicted molar refractivity (Wildman–Crippen MR) is 78.6 cm³/mol. The third kappa shape index (κ3) is 3.52. The molecule has 0 aliphatic heterocycles. The van der Waals surface area contributed by atoms with Crippen LogP contribution < -0.4 is 10.1 Å². The van der Waals surface area contributed by atoms with Gasteiger partial charge in [-0.2, -0.15) is 0 Å². The Kier molecular flexibility index (Phi) is 4.87. The van der Waals surface area contributed by atoms with Gasteiger partial charge in [0.2, 0.25) is 5.88 Å². The van der Waals surface area contributed by atoms with Crippen LogP contribution >= 0.6 is 11.3 Å². The van der Waals surface area contributed by atoms with E-state index in [0.717, 1.165) is 23.7 Å². The van der Waals surface area contributed by atoms with Crippen LogP contribution in [0.3, 0.4) is 0 Å². The molecule has 0 spiro atoms. The molecule has 2 rings (SSSR count). The quantitative estimate of drug-likeness (QED) is 0.880. The van der Waals surface area contributed by atoms with E-state index < -0.39 is 0 Å². The van der Waals surface area contributed by atoms with Crippen molar-refractivity contribution in [2.75, 3.05) is 13.7 Å². The van der Waals surface area contributed by atoms with E-state index in [1.165, 1.54) is 4.88 Å². The van der Waals surface area contributed by atoms with E-state index in [2.05, 4.69) is 29.1 Å². The Morgan fingerprint density at radius 1 is 1.42 bits per heavy atom. The maximum absolute atomic E-state index is 5.14. The third-order valence-electron chi connectivity index (χ3n) is 2.80. The molecule has 0 fully saturated rings. The summed E-state index contributed by atoms with van der Waals surface area (Å²) in [5, 5.41) is 4.39. The Morgan fingerprint density at radius 2 is 2.26 bits per heavy atom. The molecule has 0 bridgehead atoms. The number of pyridine rings is 1. The summed E-state index contributed by atoms with van der Waals surface area (Å²) < 4.78 is 5.14. The summed E-state index contributed by atoms with van der Waals surface area (Å²) in [6, 6.07) is 6.05. The summed E-state index contributed by atoms with van der Waals surface area (Å²) in [5.74, 6) is 0.617. The van der Waals surface area contributed by atoms with Crippen LogP contribution in [0.5, 0.6) is 5.88 Å². The van der Waals surface area contributed by atoms with Crippen LogP contribution in [0.15, 0.2) is 24.4 Å². The van der Waals surface area contributed by atoms with Gasteiger partial charge in [0.25, 0.3) is 0 Å². The van der Waals surface area contributed by atoms with Crippen LogP contribution in [0.2, 0.25) is 0 Å². The van der Waals surface area contributed by atoms with Crippen molar-refractivity contribution in [3.05, 3.63) is 29.3 Å². The number of hydrogen-bond donors (Lipinski definition) is 1. The van der Waals surface area contributed by atoms with Gasteiger partial charge in [0.05, 0.1) is 7.11 Å². The second-order valence-electron chi connectivity index (χ2n) is 4.31. The molecular formula is C14H19N3OS. The summed E-state index contributed by atoms with van der Waals surface area (Å²) in [4.78, 5) is 10.1. The first-order valence-electron chi connectivity index (χ1n) is 6.45. The van der Waals surface area contributed by atoms with Crippen molar-refractivity contribution in [1.82, 2.24) is 15.3 Å². The largest absolute Gasteiger partial charge is 0.481 e. The minimum absolute atomic E-state index is 0.330. The number of aromatic nitrogens is 2. The van der Waals surface area contributed by atoms with Crippen molar-refractivity contribution in [2.45, 2.75) is 26.3 Å². The second-order valence-corrected chi connectivity index (χ2v) is 5.37. The molecule has 0 aliphatic carbocycles. The van der Waals surface area contributed by atoms with Crippen molar-refractivity contribution in [2.24, 2.45) is 0 Å². The number of nitrogens with zero attached hydrogens (tertiary/aromatic N) is 2. The van der Waals surface area contributed by atoms with E-state index in [0.29, 0.717) is 11.9 Å².